The number of nitrogens with zero attached hydrogens (tertiary/aromatic N) is 2. The number of rotatable bonds is 4. The molecule has 108 valence electrons. The second-order valence-electron chi connectivity index (χ2n) is 5.31. The highest BCUT2D eigenvalue weighted by molar-refractivity contribution is 7.13. The van der Waals surface area contributed by atoms with Gasteiger partial charge in [-0.15, -0.1) is 11.3 Å². The standard InChI is InChI=1S/C16H16ClN3S/c1-10(2)9-18-15-12-6-5-11(17)8-13(12)19-16(20-15)14-4-3-7-21-14/h3-8,10H,9H2,1-2H3,(H,18,19,20). The number of benzene rings is 1. The van der Waals surface area contributed by atoms with E-state index in [0.717, 1.165) is 34.0 Å². The topological polar surface area (TPSA) is 37.8 Å². The molecule has 2 aromatic heterocycles. The lowest BCUT2D eigenvalue weighted by Gasteiger charge is -2.12. The van der Waals surface area contributed by atoms with E-state index in [1.54, 1.807) is 11.3 Å². The van der Waals surface area contributed by atoms with Crippen molar-refractivity contribution in [2.45, 2.75) is 13.8 Å². The number of anilines is 1. The number of thiophene rings is 1. The summed E-state index contributed by atoms with van der Waals surface area (Å²) < 4.78 is 0. The van der Waals surface area contributed by atoms with Crippen LogP contribution < -0.4 is 5.32 Å². The fourth-order valence-corrected chi connectivity index (χ4v) is 2.88. The first-order valence-corrected chi connectivity index (χ1v) is 8.14. The average Bonchev–Trinajstić information content (AvgIpc) is 2.98. The summed E-state index contributed by atoms with van der Waals surface area (Å²) in [7, 11) is 0. The SMILES string of the molecule is CC(C)CNc1nc(-c2cccs2)nc2cc(Cl)ccc12. The summed E-state index contributed by atoms with van der Waals surface area (Å²) in [5.41, 5.74) is 0.868. The Balaban J connectivity index is 2.13. The quantitative estimate of drug-likeness (QED) is 0.729. The third kappa shape index (κ3) is 3.17. The molecule has 21 heavy (non-hydrogen) atoms. The summed E-state index contributed by atoms with van der Waals surface area (Å²) in [6.07, 6.45) is 0. The second-order valence-corrected chi connectivity index (χ2v) is 6.69. The summed E-state index contributed by atoms with van der Waals surface area (Å²) in [5.74, 6) is 2.16. The summed E-state index contributed by atoms with van der Waals surface area (Å²) in [6.45, 7) is 5.22. The lowest BCUT2D eigenvalue weighted by atomic mass is 10.2. The lowest BCUT2D eigenvalue weighted by molar-refractivity contribution is 0.687. The molecule has 0 amide bonds. The van der Waals surface area contributed by atoms with Gasteiger partial charge in [-0.3, -0.25) is 0 Å². The predicted molar refractivity (Wildman–Crippen MR) is 91.2 cm³/mol. The largest absolute Gasteiger partial charge is 0.369 e. The highest BCUT2D eigenvalue weighted by Crippen LogP contribution is 2.29. The van der Waals surface area contributed by atoms with Gasteiger partial charge in [0.05, 0.1) is 10.4 Å². The van der Waals surface area contributed by atoms with Crippen molar-refractivity contribution in [3.05, 3.63) is 40.7 Å². The zero-order chi connectivity index (χ0) is 14.8. The van der Waals surface area contributed by atoms with Crippen molar-refractivity contribution in [2.24, 2.45) is 5.92 Å². The minimum Gasteiger partial charge on any atom is -0.369 e. The van der Waals surface area contributed by atoms with Gasteiger partial charge in [-0.25, -0.2) is 9.97 Å². The van der Waals surface area contributed by atoms with Crippen LogP contribution in [-0.2, 0) is 0 Å². The van der Waals surface area contributed by atoms with Gasteiger partial charge in [-0.05, 0) is 35.6 Å². The predicted octanol–water partition coefficient (Wildman–Crippen LogP) is 5.08. The van der Waals surface area contributed by atoms with Crippen LogP contribution in [0, 0.1) is 5.92 Å². The van der Waals surface area contributed by atoms with Crippen molar-refractivity contribution in [1.29, 1.82) is 0 Å². The van der Waals surface area contributed by atoms with Crippen molar-refractivity contribution in [2.75, 3.05) is 11.9 Å². The smallest absolute Gasteiger partial charge is 0.172 e. The molecule has 0 aliphatic carbocycles. The van der Waals surface area contributed by atoms with Gasteiger partial charge in [0.25, 0.3) is 0 Å². The molecule has 0 spiro atoms. The van der Waals surface area contributed by atoms with E-state index in [0.29, 0.717) is 10.9 Å². The highest BCUT2D eigenvalue weighted by Gasteiger charge is 2.10. The average molecular weight is 318 g/mol. The molecule has 0 aliphatic heterocycles. The number of aromatic nitrogens is 2. The molecule has 2 heterocycles. The van der Waals surface area contributed by atoms with Gasteiger partial charge in [0, 0.05) is 17.0 Å². The van der Waals surface area contributed by atoms with Crippen molar-refractivity contribution >= 4 is 39.7 Å². The normalized spacial score (nSPS) is 11.2. The molecule has 0 saturated heterocycles. The molecule has 3 rings (SSSR count). The fraction of sp³-hybridized carbons (Fsp3) is 0.250. The lowest BCUT2D eigenvalue weighted by Crippen LogP contribution is -2.10. The van der Waals surface area contributed by atoms with Crippen LogP contribution in [-0.4, -0.2) is 16.5 Å². The van der Waals surface area contributed by atoms with Gasteiger partial charge in [-0.2, -0.15) is 0 Å². The third-order valence-electron chi connectivity index (χ3n) is 3.08. The first-order chi connectivity index (χ1) is 10.1. The molecule has 0 radical (unpaired) electrons. The van der Waals surface area contributed by atoms with Crippen molar-refractivity contribution < 1.29 is 0 Å². The van der Waals surface area contributed by atoms with Gasteiger partial charge >= 0.3 is 0 Å². The number of nitrogens with one attached hydrogen (secondary N) is 1. The second kappa shape index (κ2) is 6.00. The Bertz CT molecular complexity index is 754. The van der Waals surface area contributed by atoms with E-state index in [1.807, 2.05) is 35.7 Å². The zero-order valence-corrected chi connectivity index (χ0v) is 13.5. The maximum atomic E-state index is 6.10. The Labute approximate surface area is 133 Å². The summed E-state index contributed by atoms with van der Waals surface area (Å²) in [4.78, 5) is 10.4. The maximum Gasteiger partial charge on any atom is 0.172 e. The van der Waals surface area contributed by atoms with E-state index in [9.17, 15) is 0 Å². The van der Waals surface area contributed by atoms with Crippen LogP contribution in [0.15, 0.2) is 35.7 Å². The molecule has 3 nitrogen and oxygen atoms in total. The molecule has 0 atom stereocenters. The summed E-state index contributed by atoms with van der Waals surface area (Å²) in [5, 5.41) is 7.14. The van der Waals surface area contributed by atoms with Gasteiger partial charge < -0.3 is 5.32 Å². The number of hydrogen-bond donors (Lipinski definition) is 1. The molecule has 0 fully saturated rings. The monoisotopic (exact) mass is 317 g/mol. The molecular formula is C16H16ClN3S. The Kier molecular flexibility index (Phi) is 4.08. The molecule has 0 saturated carbocycles. The van der Waals surface area contributed by atoms with Crippen LogP contribution in [0.5, 0.6) is 0 Å². The maximum absolute atomic E-state index is 6.10. The van der Waals surface area contributed by atoms with Crippen molar-refractivity contribution in [3.63, 3.8) is 0 Å². The van der Waals surface area contributed by atoms with E-state index >= 15 is 0 Å². The van der Waals surface area contributed by atoms with Gasteiger partial charge in [0.1, 0.15) is 5.82 Å². The molecular weight excluding hydrogens is 302 g/mol. The van der Waals surface area contributed by atoms with Crippen LogP contribution in [0.25, 0.3) is 21.6 Å². The molecule has 1 N–H and O–H groups in total. The minimum atomic E-state index is 0.549. The first-order valence-electron chi connectivity index (χ1n) is 6.88. The molecule has 5 heteroatoms. The van der Waals surface area contributed by atoms with Crippen LogP contribution in [0.4, 0.5) is 5.82 Å². The number of hydrogen-bond acceptors (Lipinski definition) is 4. The number of fused-ring (bicyclic) bond motifs is 1. The summed E-state index contributed by atoms with van der Waals surface area (Å²) >= 11 is 7.73. The minimum absolute atomic E-state index is 0.549. The van der Waals surface area contributed by atoms with Crippen LogP contribution in [0.2, 0.25) is 5.02 Å². The zero-order valence-electron chi connectivity index (χ0n) is 11.9. The Hall–Kier alpha value is -1.65. The molecule has 0 bridgehead atoms. The van der Waals surface area contributed by atoms with Gasteiger partial charge in [0.2, 0.25) is 0 Å². The van der Waals surface area contributed by atoms with Crippen molar-refractivity contribution in [1.82, 2.24) is 9.97 Å². The van der Waals surface area contributed by atoms with Crippen molar-refractivity contribution in [3.8, 4) is 10.7 Å². The third-order valence-corrected chi connectivity index (χ3v) is 4.18. The van der Waals surface area contributed by atoms with E-state index in [4.69, 9.17) is 16.6 Å². The van der Waals surface area contributed by atoms with Crippen LogP contribution in [0.1, 0.15) is 13.8 Å². The fourth-order valence-electron chi connectivity index (χ4n) is 2.05. The molecule has 0 aliphatic rings. The molecule has 1 aromatic carbocycles. The Morgan fingerprint density at radius 2 is 2.10 bits per heavy atom. The highest BCUT2D eigenvalue weighted by atomic mass is 35.5. The van der Waals surface area contributed by atoms with E-state index in [2.05, 4.69) is 24.1 Å². The van der Waals surface area contributed by atoms with E-state index in [-0.39, 0.29) is 0 Å². The Morgan fingerprint density at radius 1 is 1.24 bits per heavy atom. The van der Waals surface area contributed by atoms with E-state index < -0.39 is 0 Å². The summed E-state index contributed by atoms with van der Waals surface area (Å²) in [6, 6.07) is 9.77. The van der Waals surface area contributed by atoms with E-state index in [1.165, 1.54) is 0 Å². The first kappa shape index (κ1) is 14.3. The molecule has 3 aromatic rings. The van der Waals surface area contributed by atoms with Crippen LogP contribution >= 0.6 is 22.9 Å². The van der Waals surface area contributed by atoms with Gasteiger partial charge in [0.15, 0.2) is 5.82 Å². The van der Waals surface area contributed by atoms with Gasteiger partial charge in [-0.1, -0.05) is 31.5 Å². The number of halogens is 1. The Morgan fingerprint density at radius 3 is 2.81 bits per heavy atom. The molecule has 0 unspecified atom stereocenters. The van der Waals surface area contributed by atoms with Crippen LogP contribution in [0.3, 0.4) is 0 Å².